The molecule has 240 valence electrons. The standard InChI is InChI=1S/C38H38BrCl2NO4/c1-37(2)16-28-34(30(43)18-37)33(35-29(17-38(3,4)19-31(35)44)42(28)20-22-9-7-6-8-10-22)24-14-25(39)36(32(15-24)45-5)46-21-23-11-12-26(40)27(41)13-23/h6-15,33H,16-21H2,1-5H3. The smallest absolute Gasteiger partial charge is 0.175 e. The molecule has 0 N–H and O–H groups in total. The fourth-order valence-corrected chi connectivity index (χ4v) is 8.06. The topological polar surface area (TPSA) is 55.8 Å². The van der Waals surface area contributed by atoms with Crippen molar-refractivity contribution in [1.82, 2.24) is 4.90 Å². The van der Waals surface area contributed by atoms with Crippen LogP contribution in [0.15, 0.2) is 87.7 Å². The summed E-state index contributed by atoms with van der Waals surface area (Å²) < 4.78 is 12.8. The highest BCUT2D eigenvalue weighted by Crippen LogP contribution is 2.56. The number of ether oxygens (including phenoxy) is 2. The normalized spacial score (nSPS) is 19.3. The van der Waals surface area contributed by atoms with Gasteiger partial charge in [0.1, 0.15) is 6.61 Å². The van der Waals surface area contributed by atoms with E-state index in [9.17, 15) is 9.59 Å². The van der Waals surface area contributed by atoms with Crippen LogP contribution in [0.5, 0.6) is 11.5 Å². The Bertz CT molecular complexity index is 1740. The van der Waals surface area contributed by atoms with Crippen molar-refractivity contribution in [1.29, 1.82) is 0 Å². The Morgan fingerprint density at radius 1 is 0.804 bits per heavy atom. The van der Waals surface area contributed by atoms with Gasteiger partial charge in [0, 0.05) is 47.8 Å². The first kappa shape index (κ1) is 32.9. The fraction of sp³-hybridized carbons (Fsp3) is 0.368. The first-order chi connectivity index (χ1) is 21.8. The third kappa shape index (κ3) is 6.41. The minimum Gasteiger partial charge on any atom is -0.493 e. The van der Waals surface area contributed by atoms with E-state index in [4.69, 9.17) is 32.7 Å². The van der Waals surface area contributed by atoms with Crippen molar-refractivity contribution >= 4 is 50.7 Å². The molecule has 0 bridgehead atoms. The van der Waals surface area contributed by atoms with Crippen molar-refractivity contribution in [3.05, 3.63) is 114 Å². The van der Waals surface area contributed by atoms with Crippen LogP contribution < -0.4 is 9.47 Å². The number of Topliss-reactive ketones (excluding diaryl/α,β-unsaturated/α-hetero) is 2. The van der Waals surface area contributed by atoms with Crippen LogP contribution in [0.25, 0.3) is 0 Å². The van der Waals surface area contributed by atoms with Gasteiger partial charge in [-0.05, 0) is 80.6 Å². The van der Waals surface area contributed by atoms with Crippen LogP contribution in [0.3, 0.4) is 0 Å². The lowest BCUT2D eigenvalue weighted by Gasteiger charge is -2.49. The van der Waals surface area contributed by atoms with E-state index in [2.05, 4.69) is 60.7 Å². The number of allylic oxidation sites excluding steroid dienone is 4. The Kier molecular flexibility index (Phi) is 8.94. The molecular weight excluding hydrogens is 685 g/mol. The van der Waals surface area contributed by atoms with E-state index in [0.29, 0.717) is 45.4 Å². The van der Waals surface area contributed by atoms with Crippen molar-refractivity contribution in [2.24, 2.45) is 10.8 Å². The number of hydrogen-bond acceptors (Lipinski definition) is 5. The molecule has 3 aromatic rings. The van der Waals surface area contributed by atoms with Gasteiger partial charge in [0.2, 0.25) is 0 Å². The van der Waals surface area contributed by atoms with E-state index in [1.165, 1.54) is 0 Å². The van der Waals surface area contributed by atoms with Crippen molar-refractivity contribution in [3.63, 3.8) is 0 Å². The van der Waals surface area contributed by atoms with Crippen LogP contribution in [-0.4, -0.2) is 23.6 Å². The molecule has 0 fully saturated rings. The van der Waals surface area contributed by atoms with Crippen molar-refractivity contribution in [3.8, 4) is 11.5 Å². The van der Waals surface area contributed by atoms with Crippen molar-refractivity contribution in [2.75, 3.05) is 7.11 Å². The third-order valence-electron chi connectivity index (χ3n) is 9.16. The molecule has 0 saturated heterocycles. The van der Waals surface area contributed by atoms with Crippen LogP contribution in [-0.2, 0) is 22.7 Å². The SMILES string of the molecule is COc1cc(C2C3=C(CC(C)(C)CC3=O)N(Cc3ccccc3)C3=C2C(=O)CC(C)(C)C3)cc(Br)c1OCc1ccc(Cl)c(Cl)c1. The van der Waals surface area contributed by atoms with Gasteiger partial charge in [-0.1, -0.05) is 87.3 Å². The second-order valence-electron chi connectivity index (χ2n) is 14.2. The molecule has 0 amide bonds. The monoisotopic (exact) mass is 721 g/mol. The maximum Gasteiger partial charge on any atom is 0.175 e. The summed E-state index contributed by atoms with van der Waals surface area (Å²) in [5, 5.41) is 0.934. The zero-order valence-electron chi connectivity index (χ0n) is 26.8. The van der Waals surface area contributed by atoms with Gasteiger partial charge in [0.05, 0.1) is 21.6 Å². The average Bonchev–Trinajstić information content (AvgIpc) is 2.98. The summed E-state index contributed by atoms with van der Waals surface area (Å²) in [4.78, 5) is 30.8. The first-order valence-corrected chi connectivity index (χ1v) is 17.1. The van der Waals surface area contributed by atoms with Gasteiger partial charge in [0.25, 0.3) is 0 Å². The van der Waals surface area contributed by atoms with E-state index >= 15 is 0 Å². The van der Waals surface area contributed by atoms with Crippen LogP contribution in [0, 0.1) is 10.8 Å². The molecule has 0 aromatic heterocycles. The molecule has 0 spiro atoms. The molecule has 0 atom stereocenters. The van der Waals surface area contributed by atoms with E-state index in [1.807, 2.05) is 36.4 Å². The predicted molar refractivity (Wildman–Crippen MR) is 186 cm³/mol. The Morgan fingerprint density at radius 3 is 1.98 bits per heavy atom. The Morgan fingerprint density at radius 2 is 1.41 bits per heavy atom. The molecule has 5 nitrogen and oxygen atoms in total. The number of halogens is 3. The summed E-state index contributed by atoms with van der Waals surface area (Å²) in [6.45, 7) is 9.47. The van der Waals surface area contributed by atoms with Crippen LogP contribution in [0.1, 0.15) is 76.0 Å². The number of benzene rings is 3. The molecule has 3 aliphatic rings. The summed E-state index contributed by atoms with van der Waals surface area (Å²) in [5.41, 5.74) is 5.90. The highest BCUT2D eigenvalue weighted by Gasteiger charge is 2.49. The first-order valence-electron chi connectivity index (χ1n) is 15.5. The zero-order chi connectivity index (χ0) is 33.0. The lowest BCUT2D eigenvalue weighted by atomic mass is 9.63. The third-order valence-corrected chi connectivity index (χ3v) is 10.5. The minimum atomic E-state index is -0.501. The summed E-state index contributed by atoms with van der Waals surface area (Å²) in [5.74, 6) is 0.711. The van der Waals surface area contributed by atoms with E-state index < -0.39 is 5.92 Å². The molecule has 46 heavy (non-hydrogen) atoms. The highest BCUT2D eigenvalue weighted by molar-refractivity contribution is 9.10. The molecule has 0 unspecified atom stereocenters. The van der Waals surface area contributed by atoms with Crippen molar-refractivity contribution in [2.45, 2.75) is 72.4 Å². The van der Waals surface area contributed by atoms with Gasteiger partial charge < -0.3 is 14.4 Å². The highest BCUT2D eigenvalue weighted by atomic mass is 79.9. The zero-order valence-corrected chi connectivity index (χ0v) is 29.9. The van der Waals surface area contributed by atoms with Gasteiger partial charge in [-0.25, -0.2) is 0 Å². The predicted octanol–water partition coefficient (Wildman–Crippen LogP) is 10.2. The van der Waals surface area contributed by atoms with Gasteiger partial charge in [-0.3, -0.25) is 9.59 Å². The number of nitrogens with zero attached hydrogens (tertiary/aromatic N) is 1. The molecule has 0 saturated carbocycles. The number of carbonyl (C=O) groups is 2. The lowest BCUT2D eigenvalue weighted by molar-refractivity contribution is -0.119. The van der Waals surface area contributed by atoms with Crippen molar-refractivity contribution < 1.29 is 19.1 Å². The molecule has 1 heterocycles. The quantitative estimate of drug-likeness (QED) is 0.243. The number of methoxy groups -OCH3 is 1. The molecule has 0 radical (unpaired) electrons. The van der Waals surface area contributed by atoms with E-state index in [1.54, 1.807) is 19.2 Å². The largest absolute Gasteiger partial charge is 0.493 e. The summed E-state index contributed by atoms with van der Waals surface area (Å²) in [7, 11) is 1.60. The molecule has 2 aliphatic carbocycles. The maximum atomic E-state index is 14.2. The Hall–Kier alpha value is -3.06. The molecular formula is C38H38BrCl2NO4. The average molecular weight is 724 g/mol. The number of rotatable bonds is 7. The summed E-state index contributed by atoms with van der Waals surface area (Å²) in [6.07, 6.45) is 2.33. The van der Waals surface area contributed by atoms with E-state index in [-0.39, 0.29) is 29.0 Å². The fourth-order valence-electron chi connectivity index (χ4n) is 7.17. The Balaban J connectivity index is 1.49. The summed E-state index contributed by atoms with van der Waals surface area (Å²) >= 11 is 16.1. The maximum absolute atomic E-state index is 14.2. The van der Waals surface area contributed by atoms with E-state index in [0.717, 1.165) is 52.1 Å². The van der Waals surface area contributed by atoms with Gasteiger partial charge in [0.15, 0.2) is 23.1 Å². The number of hydrogen-bond donors (Lipinski definition) is 0. The molecule has 8 heteroatoms. The second-order valence-corrected chi connectivity index (χ2v) is 15.8. The van der Waals surface area contributed by atoms with Gasteiger partial charge in [-0.15, -0.1) is 0 Å². The molecule has 3 aromatic carbocycles. The molecule has 1 aliphatic heterocycles. The molecule has 6 rings (SSSR count). The number of carbonyl (C=O) groups excluding carboxylic acids is 2. The van der Waals surface area contributed by atoms with Gasteiger partial charge >= 0.3 is 0 Å². The lowest BCUT2D eigenvalue weighted by Crippen LogP contribution is -2.44. The minimum absolute atomic E-state index is 0.0912. The van der Waals surface area contributed by atoms with Crippen LogP contribution in [0.4, 0.5) is 0 Å². The summed E-state index contributed by atoms with van der Waals surface area (Å²) in [6, 6.07) is 19.6. The van der Waals surface area contributed by atoms with Crippen LogP contribution in [0.2, 0.25) is 10.0 Å². The second kappa shape index (κ2) is 12.5. The van der Waals surface area contributed by atoms with Gasteiger partial charge in [-0.2, -0.15) is 0 Å². The number of ketones is 2. The Labute approximate surface area is 289 Å². The van der Waals surface area contributed by atoms with Crippen LogP contribution >= 0.6 is 39.1 Å².